The molecule has 3 aromatic rings. The van der Waals surface area contributed by atoms with E-state index >= 15 is 0 Å². The molecule has 2 atom stereocenters. The van der Waals surface area contributed by atoms with Crippen molar-refractivity contribution in [1.29, 1.82) is 0 Å². The zero-order chi connectivity index (χ0) is 26.1. The number of carbonyl (C=O) groups is 2. The van der Waals surface area contributed by atoms with Gasteiger partial charge in [0.2, 0.25) is 0 Å². The summed E-state index contributed by atoms with van der Waals surface area (Å²) < 4.78 is 10.9. The highest BCUT2D eigenvalue weighted by atomic mass is 32.1. The molecule has 0 unspecified atom stereocenters. The molecule has 37 heavy (non-hydrogen) atoms. The van der Waals surface area contributed by atoms with Crippen molar-refractivity contribution in [2.24, 2.45) is 0 Å². The Morgan fingerprint density at radius 3 is 2.49 bits per heavy atom. The number of anilines is 1. The number of ketones is 1. The first-order valence-corrected chi connectivity index (χ1v) is 13.2. The van der Waals surface area contributed by atoms with Gasteiger partial charge in [0.25, 0.3) is 5.91 Å². The molecule has 1 aromatic heterocycles. The average Bonchev–Trinajstić information content (AvgIpc) is 3.43. The molecule has 0 saturated heterocycles. The number of rotatable bonds is 6. The van der Waals surface area contributed by atoms with Crippen molar-refractivity contribution in [3.63, 3.8) is 0 Å². The number of para-hydroxylation sites is 1. The molecule has 0 fully saturated rings. The first-order valence-electron chi connectivity index (χ1n) is 12.3. The first kappa shape index (κ1) is 24.8. The van der Waals surface area contributed by atoms with Gasteiger partial charge in [-0.1, -0.05) is 30.3 Å². The van der Waals surface area contributed by atoms with Crippen molar-refractivity contribution >= 4 is 28.7 Å². The number of ether oxygens (including phenoxy) is 2. The monoisotopic (exact) mass is 514 g/mol. The van der Waals surface area contributed by atoms with E-state index in [4.69, 9.17) is 9.47 Å². The van der Waals surface area contributed by atoms with Gasteiger partial charge in [0, 0.05) is 39.5 Å². The maximum absolute atomic E-state index is 13.8. The number of benzene rings is 2. The fourth-order valence-corrected chi connectivity index (χ4v) is 6.17. The summed E-state index contributed by atoms with van der Waals surface area (Å²) in [6.45, 7) is 3.88. The Morgan fingerprint density at radius 2 is 1.78 bits per heavy atom. The number of carbonyl (C=O) groups excluding carboxylic acids is 2. The molecular formula is C30H30N2O4S. The minimum absolute atomic E-state index is 0.00214. The number of methoxy groups -OCH3 is 2. The van der Waals surface area contributed by atoms with Crippen molar-refractivity contribution in [2.75, 3.05) is 19.5 Å². The third kappa shape index (κ3) is 4.67. The van der Waals surface area contributed by atoms with Crippen molar-refractivity contribution in [2.45, 2.75) is 38.5 Å². The molecule has 1 aliphatic carbocycles. The number of hydrogen-bond donors (Lipinski definition) is 2. The van der Waals surface area contributed by atoms with Crippen molar-refractivity contribution in [1.82, 2.24) is 5.32 Å². The molecule has 6 nitrogen and oxygen atoms in total. The Bertz CT molecular complexity index is 1420. The largest absolute Gasteiger partial charge is 0.493 e. The van der Waals surface area contributed by atoms with E-state index in [1.54, 1.807) is 25.6 Å². The minimum atomic E-state index is -0.404. The van der Waals surface area contributed by atoms with Crippen LogP contribution in [0.5, 0.6) is 11.5 Å². The second-order valence-corrected chi connectivity index (χ2v) is 10.4. The molecule has 2 aromatic carbocycles. The fraction of sp³-hybridized carbons (Fsp3) is 0.267. The highest BCUT2D eigenvalue weighted by molar-refractivity contribution is 7.10. The number of nitrogens with one attached hydrogen (secondary N) is 2. The Morgan fingerprint density at radius 1 is 1.00 bits per heavy atom. The van der Waals surface area contributed by atoms with E-state index in [0.29, 0.717) is 35.5 Å². The molecule has 0 spiro atoms. The van der Waals surface area contributed by atoms with Crippen LogP contribution in [-0.4, -0.2) is 25.9 Å². The van der Waals surface area contributed by atoms with Crippen molar-refractivity contribution < 1.29 is 19.1 Å². The molecule has 1 aliphatic heterocycles. The lowest BCUT2D eigenvalue weighted by molar-refractivity contribution is -0.116. The van der Waals surface area contributed by atoms with Gasteiger partial charge >= 0.3 is 0 Å². The van der Waals surface area contributed by atoms with Gasteiger partial charge in [-0.2, -0.15) is 0 Å². The second kappa shape index (κ2) is 10.3. The third-order valence-electron chi connectivity index (χ3n) is 7.17. The molecule has 0 radical (unpaired) electrons. The molecule has 2 aliphatic rings. The third-order valence-corrected chi connectivity index (χ3v) is 8.11. The highest BCUT2D eigenvalue weighted by Crippen LogP contribution is 2.47. The van der Waals surface area contributed by atoms with Crippen LogP contribution in [-0.2, 0) is 9.59 Å². The molecule has 0 saturated carbocycles. The minimum Gasteiger partial charge on any atom is -0.493 e. The van der Waals surface area contributed by atoms with E-state index in [0.717, 1.165) is 33.1 Å². The van der Waals surface area contributed by atoms with Crippen LogP contribution < -0.4 is 20.1 Å². The molecule has 7 heteroatoms. The van der Waals surface area contributed by atoms with Crippen molar-refractivity contribution in [3.05, 3.63) is 98.5 Å². The van der Waals surface area contributed by atoms with Gasteiger partial charge in [-0.25, -0.2) is 0 Å². The van der Waals surface area contributed by atoms with Crippen LogP contribution in [0.3, 0.4) is 0 Å². The zero-order valence-corrected chi connectivity index (χ0v) is 22.2. The predicted octanol–water partition coefficient (Wildman–Crippen LogP) is 6.07. The van der Waals surface area contributed by atoms with Gasteiger partial charge in [0.05, 0.1) is 20.1 Å². The number of allylic oxidation sites excluding steroid dienone is 3. The van der Waals surface area contributed by atoms with Crippen LogP contribution in [0, 0.1) is 6.92 Å². The average molecular weight is 515 g/mol. The zero-order valence-electron chi connectivity index (χ0n) is 21.4. The number of thiophene rings is 1. The number of Topliss-reactive ketones (excluding diaryl/α,β-unsaturated/α-hetero) is 1. The molecule has 190 valence electrons. The van der Waals surface area contributed by atoms with E-state index in [-0.39, 0.29) is 17.6 Å². The lowest BCUT2D eigenvalue weighted by atomic mass is 9.73. The molecule has 5 rings (SSSR count). The lowest BCUT2D eigenvalue weighted by Crippen LogP contribution is -2.36. The van der Waals surface area contributed by atoms with Gasteiger partial charge in [-0.05, 0) is 67.0 Å². The van der Waals surface area contributed by atoms with Gasteiger partial charge in [-0.15, -0.1) is 11.3 Å². The van der Waals surface area contributed by atoms with Gasteiger partial charge < -0.3 is 20.1 Å². The van der Waals surface area contributed by atoms with E-state index in [2.05, 4.69) is 10.6 Å². The quantitative estimate of drug-likeness (QED) is 0.417. The molecule has 0 bridgehead atoms. The normalized spacial score (nSPS) is 19.3. The Labute approximate surface area is 221 Å². The fourth-order valence-electron chi connectivity index (χ4n) is 5.33. The summed E-state index contributed by atoms with van der Waals surface area (Å²) in [5.74, 6) is 0.757. The van der Waals surface area contributed by atoms with Gasteiger partial charge in [-0.3, -0.25) is 9.59 Å². The number of amides is 1. The number of aryl methyl sites for hydroxylation is 1. The van der Waals surface area contributed by atoms with E-state index in [9.17, 15) is 9.59 Å². The van der Waals surface area contributed by atoms with E-state index in [1.807, 2.05) is 73.8 Å². The van der Waals surface area contributed by atoms with E-state index < -0.39 is 5.92 Å². The number of dihydropyridines is 1. The van der Waals surface area contributed by atoms with Crippen LogP contribution in [0.2, 0.25) is 0 Å². The molecule has 1 amide bonds. The standard InChI is InChI=1S/C30H30N2O4S/c1-17-8-5-6-9-21(17)32-30(34)27-18(2)31-22-14-20(19-11-12-24(35-3)25(16-19)36-4)15-23(33)28(22)29(27)26-10-7-13-37-26/h5-13,16,20,29,31H,14-15H2,1-4H3,(H,32,34)/t20-,29+/m0/s1. The van der Waals surface area contributed by atoms with Crippen LogP contribution in [0.1, 0.15) is 47.6 Å². The van der Waals surface area contributed by atoms with Crippen LogP contribution in [0.15, 0.2) is 82.5 Å². The Kier molecular flexibility index (Phi) is 6.89. The summed E-state index contributed by atoms with van der Waals surface area (Å²) in [6.07, 6.45) is 1.03. The predicted molar refractivity (Wildman–Crippen MR) is 146 cm³/mol. The highest BCUT2D eigenvalue weighted by Gasteiger charge is 2.41. The topological polar surface area (TPSA) is 76.7 Å². The summed E-state index contributed by atoms with van der Waals surface area (Å²) in [4.78, 5) is 28.4. The summed E-state index contributed by atoms with van der Waals surface area (Å²) in [5.41, 5.74) is 5.71. The summed E-state index contributed by atoms with van der Waals surface area (Å²) in [7, 11) is 3.22. The van der Waals surface area contributed by atoms with Crippen molar-refractivity contribution in [3.8, 4) is 11.5 Å². The van der Waals surface area contributed by atoms with Crippen LogP contribution >= 0.6 is 11.3 Å². The van der Waals surface area contributed by atoms with Gasteiger partial charge in [0.15, 0.2) is 17.3 Å². The smallest absolute Gasteiger partial charge is 0.254 e. The number of hydrogen-bond acceptors (Lipinski definition) is 6. The molecular weight excluding hydrogens is 484 g/mol. The van der Waals surface area contributed by atoms with E-state index in [1.165, 1.54) is 0 Å². The lowest BCUT2D eigenvalue weighted by Gasteiger charge is -2.36. The first-order chi connectivity index (χ1) is 17.9. The second-order valence-electron chi connectivity index (χ2n) is 9.42. The molecule has 2 N–H and O–H groups in total. The maximum Gasteiger partial charge on any atom is 0.254 e. The molecule has 2 heterocycles. The summed E-state index contributed by atoms with van der Waals surface area (Å²) in [6, 6.07) is 17.5. The Balaban J connectivity index is 1.51. The summed E-state index contributed by atoms with van der Waals surface area (Å²) in [5, 5.41) is 8.52. The maximum atomic E-state index is 13.8. The SMILES string of the molecule is COc1ccc([C@@H]2CC(=O)C3=C(C2)NC(C)=C(C(=O)Nc2ccccc2C)[C@H]3c2cccs2)cc1OC. The van der Waals surface area contributed by atoms with Gasteiger partial charge in [0.1, 0.15) is 0 Å². The van der Waals surface area contributed by atoms with Crippen LogP contribution in [0.4, 0.5) is 5.69 Å². The van der Waals surface area contributed by atoms with Crippen LogP contribution in [0.25, 0.3) is 0 Å². The summed E-state index contributed by atoms with van der Waals surface area (Å²) >= 11 is 1.57. The Hall–Kier alpha value is -3.84.